The zero-order valence-electron chi connectivity index (χ0n) is 9.73. The van der Waals surface area contributed by atoms with Crippen LogP contribution in [0.2, 0.25) is 0 Å². The van der Waals surface area contributed by atoms with Crippen LogP contribution < -0.4 is 10.1 Å². The molecule has 6 nitrogen and oxygen atoms in total. The van der Waals surface area contributed by atoms with E-state index in [9.17, 15) is 5.11 Å². The number of rotatable bonds is 6. The van der Waals surface area contributed by atoms with Gasteiger partial charge in [-0.1, -0.05) is 0 Å². The number of hydrogen-bond donors (Lipinski definition) is 2. The summed E-state index contributed by atoms with van der Waals surface area (Å²) >= 11 is 0. The van der Waals surface area contributed by atoms with Crippen molar-refractivity contribution in [1.29, 1.82) is 0 Å². The summed E-state index contributed by atoms with van der Waals surface area (Å²) in [5, 5.41) is 12.4. The summed E-state index contributed by atoms with van der Waals surface area (Å²) < 4.78 is 9.82. The molecule has 0 fully saturated rings. The maximum Gasteiger partial charge on any atom is 0.218 e. The Morgan fingerprint density at radius 1 is 1.44 bits per heavy atom. The van der Waals surface area contributed by atoms with Crippen molar-refractivity contribution in [3.05, 3.63) is 11.9 Å². The Bertz CT molecular complexity index is 333. The van der Waals surface area contributed by atoms with Crippen LogP contribution in [0.15, 0.2) is 6.07 Å². The lowest BCUT2D eigenvalue weighted by Gasteiger charge is -2.11. The number of aryl methyl sites for hydroxylation is 1. The fourth-order valence-corrected chi connectivity index (χ4v) is 1.21. The highest BCUT2D eigenvalue weighted by Gasteiger charge is 2.05. The van der Waals surface area contributed by atoms with Crippen molar-refractivity contribution in [3.8, 4) is 5.88 Å². The SMILES string of the molecule is COCC(O)CNc1cc(OC)nc(C)n1. The number of hydrogen-bond acceptors (Lipinski definition) is 6. The van der Waals surface area contributed by atoms with Gasteiger partial charge in [-0.05, 0) is 6.92 Å². The molecule has 0 aliphatic carbocycles. The molecule has 0 saturated heterocycles. The van der Waals surface area contributed by atoms with E-state index in [-0.39, 0.29) is 6.61 Å². The minimum atomic E-state index is -0.564. The minimum absolute atomic E-state index is 0.286. The van der Waals surface area contributed by atoms with Gasteiger partial charge >= 0.3 is 0 Å². The molecule has 0 aliphatic rings. The number of nitrogens with one attached hydrogen (secondary N) is 1. The number of methoxy groups -OCH3 is 2. The van der Waals surface area contributed by atoms with Gasteiger partial charge in [-0.2, -0.15) is 4.98 Å². The quantitative estimate of drug-likeness (QED) is 0.723. The van der Waals surface area contributed by atoms with Crippen molar-refractivity contribution in [2.75, 3.05) is 32.7 Å². The molecule has 0 bridgehead atoms. The van der Waals surface area contributed by atoms with Gasteiger partial charge in [0.15, 0.2) is 0 Å². The predicted molar refractivity (Wildman–Crippen MR) is 59.7 cm³/mol. The molecular formula is C10H17N3O3. The van der Waals surface area contributed by atoms with Gasteiger partial charge < -0.3 is 19.9 Å². The molecule has 0 spiro atoms. The molecule has 1 heterocycles. The van der Waals surface area contributed by atoms with E-state index in [4.69, 9.17) is 9.47 Å². The molecule has 16 heavy (non-hydrogen) atoms. The molecule has 0 radical (unpaired) electrons. The first-order valence-electron chi connectivity index (χ1n) is 4.96. The summed E-state index contributed by atoms with van der Waals surface area (Å²) in [5.74, 6) is 1.74. The van der Waals surface area contributed by atoms with Crippen LogP contribution in [0.25, 0.3) is 0 Å². The van der Waals surface area contributed by atoms with Crippen LogP contribution >= 0.6 is 0 Å². The fraction of sp³-hybridized carbons (Fsp3) is 0.600. The zero-order valence-corrected chi connectivity index (χ0v) is 9.73. The molecular weight excluding hydrogens is 210 g/mol. The molecule has 6 heteroatoms. The van der Waals surface area contributed by atoms with Gasteiger partial charge in [-0.25, -0.2) is 4.98 Å². The van der Waals surface area contributed by atoms with Crippen LogP contribution in [0.1, 0.15) is 5.82 Å². The second-order valence-corrected chi connectivity index (χ2v) is 3.33. The van der Waals surface area contributed by atoms with Crippen LogP contribution in [0.4, 0.5) is 5.82 Å². The van der Waals surface area contributed by atoms with E-state index in [1.54, 1.807) is 27.2 Å². The second kappa shape index (κ2) is 6.24. The number of aliphatic hydroxyl groups excluding tert-OH is 1. The van der Waals surface area contributed by atoms with Gasteiger partial charge in [0, 0.05) is 19.7 Å². The van der Waals surface area contributed by atoms with E-state index in [1.165, 1.54) is 0 Å². The van der Waals surface area contributed by atoms with E-state index < -0.39 is 6.10 Å². The minimum Gasteiger partial charge on any atom is -0.481 e. The average molecular weight is 227 g/mol. The third-order valence-corrected chi connectivity index (χ3v) is 1.90. The van der Waals surface area contributed by atoms with Gasteiger partial charge in [0.2, 0.25) is 5.88 Å². The van der Waals surface area contributed by atoms with Crippen molar-refractivity contribution in [3.63, 3.8) is 0 Å². The number of aliphatic hydroxyl groups is 1. The third-order valence-electron chi connectivity index (χ3n) is 1.90. The topological polar surface area (TPSA) is 76.5 Å². The Morgan fingerprint density at radius 2 is 2.19 bits per heavy atom. The number of anilines is 1. The summed E-state index contributed by atoms with van der Waals surface area (Å²) in [6, 6.07) is 1.67. The van der Waals surface area contributed by atoms with Crippen LogP contribution in [0.5, 0.6) is 5.88 Å². The maximum absolute atomic E-state index is 9.44. The Labute approximate surface area is 94.6 Å². The Hall–Kier alpha value is -1.40. The number of aromatic nitrogens is 2. The van der Waals surface area contributed by atoms with Crippen LogP contribution in [-0.2, 0) is 4.74 Å². The predicted octanol–water partition coefficient (Wildman–Crippen LogP) is 0.213. The van der Waals surface area contributed by atoms with Crippen LogP contribution in [0.3, 0.4) is 0 Å². The van der Waals surface area contributed by atoms with E-state index in [2.05, 4.69) is 15.3 Å². The summed E-state index contributed by atoms with van der Waals surface area (Å²) in [6.07, 6.45) is -0.564. The van der Waals surface area contributed by atoms with Gasteiger partial charge in [0.25, 0.3) is 0 Å². The summed E-state index contributed by atoms with van der Waals surface area (Å²) in [7, 11) is 3.09. The fourth-order valence-electron chi connectivity index (χ4n) is 1.21. The Morgan fingerprint density at radius 3 is 2.81 bits per heavy atom. The molecule has 2 N–H and O–H groups in total. The highest BCUT2D eigenvalue weighted by atomic mass is 16.5. The lowest BCUT2D eigenvalue weighted by atomic mass is 10.3. The van der Waals surface area contributed by atoms with Crippen LogP contribution in [0, 0.1) is 6.92 Å². The number of ether oxygens (including phenoxy) is 2. The van der Waals surface area contributed by atoms with Crippen LogP contribution in [-0.4, -0.2) is 48.5 Å². The normalized spacial score (nSPS) is 12.2. The molecule has 0 amide bonds. The van der Waals surface area contributed by atoms with E-state index in [1.807, 2.05) is 0 Å². The molecule has 0 aliphatic heterocycles. The largest absolute Gasteiger partial charge is 0.481 e. The highest BCUT2D eigenvalue weighted by molar-refractivity contribution is 5.38. The summed E-state index contributed by atoms with van der Waals surface area (Å²) in [6.45, 7) is 2.43. The highest BCUT2D eigenvalue weighted by Crippen LogP contribution is 2.12. The average Bonchev–Trinajstić information content (AvgIpc) is 2.26. The maximum atomic E-state index is 9.44. The van der Waals surface area contributed by atoms with Crippen molar-refractivity contribution in [2.45, 2.75) is 13.0 Å². The summed E-state index contributed by atoms with van der Waals surface area (Å²) in [5.41, 5.74) is 0. The molecule has 90 valence electrons. The molecule has 1 atom stereocenters. The molecule has 0 saturated carbocycles. The first-order valence-corrected chi connectivity index (χ1v) is 4.96. The van der Waals surface area contributed by atoms with Crippen molar-refractivity contribution < 1.29 is 14.6 Å². The molecule has 1 aromatic heterocycles. The summed E-state index contributed by atoms with van der Waals surface area (Å²) in [4.78, 5) is 8.21. The smallest absolute Gasteiger partial charge is 0.218 e. The van der Waals surface area contributed by atoms with Crippen molar-refractivity contribution in [2.24, 2.45) is 0 Å². The number of nitrogens with zero attached hydrogens (tertiary/aromatic N) is 2. The molecule has 0 aromatic carbocycles. The van der Waals surface area contributed by atoms with Gasteiger partial charge in [0.05, 0.1) is 19.8 Å². The Kier molecular flexibility index (Phi) is 4.94. The Balaban J connectivity index is 2.56. The van der Waals surface area contributed by atoms with Gasteiger partial charge in [0.1, 0.15) is 11.6 Å². The van der Waals surface area contributed by atoms with Gasteiger partial charge in [-0.3, -0.25) is 0 Å². The van der Waals surface area contributed by atoms with E-state index in [0.29, 0.717) is 24.1 Å². The van der Waals surface area contributed by atoms with Gasteiger partial charge in [-0.15, -0.1) is 0 Å². The second-order valence-electron chi connectivity index (χ2n) is 3.33. The standard InChI is InChI=1S/C10H17N3O3/c1-7-12-9(4-10(13-7)16-3)11-5-8(14)6-15-2/h4,8,14H,5-6H2,1-3H3,(H,11,12,13). The lowest BCUT2D eigenvalue weighted by Crippen LogP contribution is -2.24. The monoisotopic (exact) mass is 227 g/mol. The van der Waals surface area contributed by atoms with E-state index >= 15 is 0 Å². The van der Waals surface area contributed by atoms with Crippen molar-refractivity contribution >= 4 is 5.82 Å². The van der Waals surface area contributed by atoms with Crippen molar-refractivity contribution in [1.82, 2.24) is 9.97 Å². The molecule has 1 aromatic rings. The lowest BCUT2D eigenvalue weighted by molar-refractivity contribution is 0.0727. The third kappa shape index (κ3) is 4.00. The first-order chi connectivity index (χ1) is 7.65. The molecule has 1 unspecified atom stereocenters. The first kappa shape index (κ1) is 12.7. The zero-order chi connectivity index (χ0) is 12.0. The van der Waals surface area contributed by atoms with E-state index in [0.717, 1.165) is 0 Å². The molecule has 1 rings (SSSR count).